The number of nitrogens with one attached hydrogen (secondary N) is 1. The van der Waals surface area contributed by atoms with Crippen molar-refractivity contribution >= 4 is 23.4 Å². The number of hydrogen-bond acceptors (Lipinski definition) is 7. The highest BCUT2D eigenvalue weighted by Gasteiger charge is 2.32. The number of anilines is 2. The number of aryl methyl sites for hydroxylation is 1. The van der Waals surface area contributed by atoms with E-state index < -0.39 is 0 Å². The van der Waals surface area contributed by atoms with E-state index in [2.05, 4.69) is 25.9 Å². The van der Waals surface area contributed by atoms with Gasteiger partial charge in [0.2, 0.25) is 0 Å². The molecule has 0 unspecified atom stereocenters. The summed E-state index contributed by atoms with van der Waals surface area (Å²) in [6, 6.07) is 6.58. The smallest absolute Gasteiger partial charge is 0.325 e. The van der Waals surface area contributed by atoms with Crippen molar-refractivity contribution in [1.29, 1.82) is 0 Å². The Balaban J connectivity index is 1.56. The maximum atomic E-state index is 12.8. The lowest BCUT2D eigenvalue weighted by Crippen LogP contribution is -2.34. The summed E-state index contributed by atoms with van der Waals surface area (Å²) in [6.45, 7) is 1.06. The zero-order valence-electron chi connectivity index (χ0n) is 15.6. The van der Waals surface area contributed by atoms with Crippen molar-refractivity contribution in [2.45, 2.75) is 0 Å². The third kappa shape index (κ3) is 3.65. The maximum Gasteiger partial charge on any atom is 0.325 e. The summed E-state index contributed by atoms with van der Waals surface area (Å²) in [5.41, 5.74) is 1.47. The van der Waals surface area contributed by atoms with Crippen molar-refractivity contribution in [2.24, 2.45) is 7.05 Å². The second-order valence-electron chi connectivity index (χ2n) is 6.44. The Kier molecular flexibility index (Phi) is 4.91. The zero-order valence-corrected chi connectivity index (χ0v) is 15.6. The summed E-state index contributed by atoms with van der Waals surface area (Å²) in [7, 11) is 1.71. The molecule has 3 heterocycles. The molecule has 12 nitrogen and oxygen atoms in total. The van der Waals surface area contributed by atoms with Gasteiger partial charge in [-0.2, -0.15) is 5.10 Å². The SMILES string of the molecule is Cn1cc(NC(=O)c2cccc(-n3cnnn3)c2)c(N2CCN(CCO)C2=O)n1. The van der Waals surface area contributed by atoms with Gasteiger partial charge in [0, 0.05) is 32.2 Å². The largest absolute Gasteiger partial charge is 0.395 e. The molecule has 1 aromatic carbocycles. The van der Waals surface area contributed by atoms with Crippen molar-refractivity contribution in [3.63, 3.8) is 0 Å². The minimum Gasteiger partial charge on any atom is -0.395 e. The molecule has 1 saturated heterocycles. The van der Waals surface area contributed by atoms with Crippen LogP contribution in [0.3, 0.4) is 0 Å². The van der Waals surface area contributed by atoms with Gasteiger partial charge >= 0.3 is 6.03 Å². The first-order chi connectivity index (χ1) is 14.1. The molecule has 0 saturated carbocycles. The standard InChI is InChI=1S/C17H19N9O3/c1-23-10-14(15(20-23)25-6-5-24(7-8-27)17(25)29)19-16(28)12-3-2-4-13(9-12)26-11-18-21-22-26/h2-4,9-11,27H,5-8H2,1H3,(H,19,28). The average Bonchev–Trinajstić information content (AvgIpc) is 3.44. The molecule has 1 aliphatic rings. The molecule has 3 amide bonds. The molecule has 2 N–H and O–H groups in total. The van der Waals surface area contributed by atoms with Gasteiger partial charge in [-0.05, 0) is 28.6 Å². The van der Waals surface area contributed by atoms with Crippen LogP contribution < -0.4 is 10.2 Å². The van der Waals surface area contributed by atoms with Crippen LogP contribution in [-0.2, 0) is 7.05 Å². The number of amides is 3. The number of benzene rings is 1. The van der Waals surface area contributed by atoms with E-state index in [0.717, 1.165) is 0 Å². The summed E-state index contributed by atoms with van der Waals surface area (Å²) in [6.07, 6.45) is 3.08. The Hall–Kier alpha value is -3.80. The van der Waals surface area contributed by atoms with Gasteiger partial charge in [-0.1, -0.05) is 6.07 Å². The molecule has 0 bridgehead atoms. The second kappa shape index (κ2) is 7.67. The van der Waals surface area contributed by atoms with Crippen molar-refractivity contribution in [2.75, 3.05) is 36.5 Å². The first-order valence-corrected chi connectivity index (χ1v) is 8.92. The highest BCUT2D eigenvalue weighted by Crippen LogP contribution is 2.27. The Morgan fingerprint density at radius 1 is 1.31 bits per heavy atom. The van der Waals surface area contributed by atoms with Crippen molar-refractivity contribution < 1.29 is 14.7 Å². The Labute approximate surface area is 165 Å². The predicted molar refractivity (Wildman–Crippen MR) is 102 cm³/mol. The van der Waals surface area contributed by atoms with Gasteiger partial charge in [0.25, 0.3) is 5.91 Å². The number of urea groups is 1. The molecular weight excluding hydrogens is 378 g/mol. The van der Waals surface area contributed by atoms with E-state index in [-0.39, 0.29) is 25.1 Å². The van der Waals surface area contributed by atoms with E-state index >= 15 is 0 Å². The van der Waals surface area contributed by atoms with Gasteiger partial charge in [0.1, 0.15) is 12.0 Å². The summed E-state index contributed by atoms with van der Waals surface area (Å²) < 4.78 is 2.98. The molecule has 2 aromatic heterocycles. The third-order valence-electron chi connectivity index (χ3n) is 4.50. The molecule has 0 aliphatic carbocycles. The molecule has 150 valence electrons. The van der Waals surface area contributed by atoms with E-state index in [1.165, 1.54) is 25.5 Å². The number of aliphatic hydroxyl groups excluding tert-OH is 1. The molecule has 3 aromatic rings. The Bertz CT molecular complexity index is 1030. The number of carbonyl (C=O) groups excluding carboxylic acids is 2. The van der Waals surface area contributed by atoms with E-state index in [0.29, 0.717) is 35.8 Å². The zero-order chi connectivity index (χ0) is 20.4. The van der Waals surface area contributed by atoms with Crippen LogP contribution in [-0.4, -0.2) is 78.2 Å². The number of carbonyl (C=O) groups is 2. The minimum absolute atomic E-state index is 0.108. The fraction of sp³-hybridized carbons (Fsp3) is 0.294. The molecule has 0 atom stereocenters. The minimum atomic E-state index is -0.354. The highest BCUT2D eigenvalue weighted by atomic mass is 16.3. The Morgan fingerprint density at radius 3 is 2.93 bits per heavy atom. The summed E-state index contributed by atoms with van der Waals surface area (Å²) in [5, 5.41) is 27.2. The lowest BCUT2D eigenvalue weighted by molar-refractivity contribution is 0.102. The number of nitrogens with zero attached hydrogens (tertiary/aromatic N) is 8. The highest BCUT2D eigenvalue weighted by molar-refractivity contribution is 6.07. The third-order valence-corrected chi connectivity index (χ3v) is 4.50. The van der Waals surface area contributed by atoms with Crippen LogP contribution in [0.15, 0.2) is 36.8 Å². The fourth-order valence-corrected chi connectivity index (χ4v) is 3.14. The first kappa shape index (κ1) is 18.6. The molecular formula is C17H19N9O3. The van der Waals surface area contributed by atoms with E-state index in [1.54, 1.807) is 37.5 Å². The molecule has 1 fully saturated rings. The van der Waals surface area contributed by atoms with E-state index in [1.807, 2.05) is 0 Å². The van der Waals surface area contributed by atoms with Gasteiger partial charge in [0.15, 0.2) is 5.82 Å². The van der Waals surface area contributed by atoms with Crippen LogP contribution in [0, 0.1) is 0 Å². The molecule has 1 aliphatic heterocycles. The maximum absolute atomic E-state index is 12.8. The molecule has 4 rings (SSSR count). The van der Waals surface area contributed by atoms with Gasteiger partial charge in [-0.15, -0.1) is 5.10 Å². The van der Waals surface area contributed by atoms with Crippen LogP contribution in [0.5, 0.6) is 0 Å². The fourth-order valence-electron chi connectivity index (χ4n) is 3.14. The molecule has 12 heteroatoms. The quantitative estimate of drug-likeness (QED) is 0.592. The topological polar surface area (TPSA) is 134 Å². The number of β-amino-alcohol motifs (C(OH)–C–C–N with tert-alkyl or cyclic N) is 1. The van der Waals surface area contributed by atoms with Crippen molar-refractivity contribution in [3.05, 3.63) is 42.4 Å². The number of hydrogen-bond donors (Lipinski definition) is 2. The van der Waals surface area contributed by atoms with Gasteiger partial charge in [-0.3, -0.25) is 14.4 Å². The van der Waals surface area contributed by atoms with Gasteiger partial charge in [0.05, 0.1) is 18.5 Å². The number of aliphatic hydroxyl groups is 1. The van der Waals surface area contributed by atoms with E-state index in [9.17, 15) is 9.59 Å². The number of aromatic nitrogens is 6. The van der Waals surface area contributed by atoms with Gasteiger partial charge < -0.3 is 15.3 Å². The summed E-state index contributed by atoms with van der Waals surface area (Å²) in [4.78, 5) is 28.4. The lowest BCUT2D eigenvalue weighted by Gasteiger charge is -2.17. The van der Waals surface area contributed by atoms with Crippen molar-refractivity contribution in [3.8, 4) is 5.69 Å². The molecule has 0 radical (unpaired) electrons. The number of tetrazole rings is 1. The second-order valence-corrected chi connectivity index (χ2v) is 6.44. The molecule has 0 spiro atoms. The van der Waals surface area contributed by atoms with Crippen LogP contribution in [0.1, 0.15) is 10.4 Å². The normalized spacial score (nSPS) is 13.9. The van der Waals surface area contributed by atoms with Gasteiger partial charge in [-0.25, -0.2) is 9.48 Å². The predicted octanol–water partition coefficient (Wildman–Crippen LogP) is -0.118. The summed E-state index contributed by atoms with van der Waals surface area (Å²) >= 11 is 0. The molecule has 29 heavy (non-hydrogen) atoms. The van der Waals surface area contributed by atoms with Crippen LogP contribution in [0.2, 0.25) is 0 Å². The monoisotopic (exact) mass is 397 g/mol. The first-order valence-electron chi connectivity index (χ1n) is 8.92. The van der Waals surface area contributed by atoms with Crippen molar-refractivity contribution in [1.82, 2.24) is 34.9 Å². The summed E-state index contributed by atoms with van der Waals surface area (Å²) in [5.74, 6) is 0.0101. The van der Waals surface area contributed by atoms with Crippen LogP contribution in [0.25, 0.3) is 5.69 Å². The lowest BCUT2D eigenvalue weighted by atomic mass is 10.2. The average molecular weight is 397 g/mol. The van der Waals surface area contributed by atoms with Crippen LogP contribution >= 0.6 is 0 Å². The Morgan fingerprint density at radius 2 is 2.17 bits per heavy atom. The number of rotatable bonds is 6. The van der Waals surface area contributed by atoms with Crippen LogP contribution in [0.4, 0.5) is 16.3 Å². The van der Waals surface area contributed by atoms with E-state index in [4.69, 9.17) is 5.11 Å².